The summed E-state index contributed by atoms with van der Waals surface area (Å²) in [5.41, 5.74) is 2.87. The van der Waals surface area contributed by atoms with Gasteiger partial charge in [-0.05, 0) is 42.5 Å². The van der Waals surface area contributed by atoms with E-state index in [0.29, 0.717) is 39.0 Å². The molecule has 2 aromatic heterocycles. The van der Waals surface area contributed by atoms with E-state index in [9.17, 15) is 4.79 Å². The van der Waals surface area contributed by atoms with Crippen LogP contribution in [0.4, 0.5) is 5.69 Å². The van der Waals surface area contributed by atoms with E-state index in [1.165, 1.54) is 0 Å². The van der Waals surface area contributed by atoms with Crippen molar-refractivity contribution in [1.82, 2.24) is 9.97 Å². The zero-order chi connectivity index (χ0) is 17.2. The number of fused-ring (bicyclic) bond motifs is 1. The summed E-state index contributed by atoms with van der Waals surface area (Å²) in [7, 11) is 0. The van der Waals surface area contributed by atoms with Gasteiger partial charge in [0.15, 0.2) is 11.2 Å². The fourth-order valence-electron chi connectivity index (χ4n) is 2.43. The Bertz CT molecular complexity index is 1030. The van der Waals surface area contributed by atoms with E-state index in [-0.39, 0.29) is 5.91 Å². The zero-order valence-corrected chi connectivity index (χ0v) is 13.7. The standard InChI is InChI=1S/C19H12ClN3O2/c20-14-9-8-13(19-23-17-16(25-19)7-4-10-21-17)11-15(14)22-18(24)12-5-2-1-3-6-12/h1-11H,(H,22,24). The first-order valence-electron chi connectivity index (χ1n) is 7.58. The molecule has 0 saturated heterocycles. The van der Waals surface area contributed by atoms with Gasteiger partial charge in [0, 0.05) is 17.3 Å². The van der Waals surface area contributed by atoms with Crippen LogP contribution in [0.5, 0.6) is 0 Å². The van der Waals surface area contributed by atoms with Crippen LogP contribution in [0, 0.1) is 0 Å². The Hall–Kier alpha value is -3.18. The molecule has 0 atom stereocenters. The lowest BCUT2D eigenvalue weighted by Crippen LogP contribution is -2.12. The lowest BCUT2D eigenvalue weighted by Gasteiger charge is -2.08. The fourth-order valence-corrected chi connectivity index (χ4v) is 2.60. The highest BCUT2D eigenvalue weighted by atomic mass is 35.5. The first-order valence-corrected chi connectivity index (χ1v) is 7.96. The van der Waals surface area contributed by atoms with Gasteiger partial charge < -0.3 is 9.73 Å². The van der Waals surface area contributed by atoms with Crippen LogP contribution in [0.25, 0.3) is 22.7 Å². The molecule has 0 unspecified atom stereocenters. The zero-order valence-electron chi connectivity index (χ0n) is 12.9. The van der Waals surface area contributed by atoms with Gasteiger partial charge in [-0.25, -0.2) is 4.98 Å². The molecule has 25 heavy (non-hydrogen) atoms. The van der Waals surface area contributed by atoms with Crippen molar-refractivity contribution in [2.24, 2.45) is 0 Å². The largest absolute Gasteiger partial charge is 0.434 e. The summed E-state index contributed by atoms with van der Waals surface area (Å²) in [5.74, 6) is 0.180. The minimum atomic E-state index is -0.237. The lowest BCUT2D eigenvalue weighted by atomic mass is 10.1. The van der Waals surface area contributed by atoms with Crippen LogP contribution < -0.4 is 5.32 Å². The van der Waals surface area contributed by atoms with Crippen LogP contribution in [0.2, 0.25) is 5.02 Å². The third kappa shape index (κ3) is 3.09. The molecule has 122 valence electrons. The number of oxazole rings is 1. The Morgan fingerprint density at radius 1 is 1.04 bits per heavy atom. The summed E-state index contributed by atoms with van der Waals surface area (Å²) >= 11 is 6.22. The summed E-state index contributed by atoms with van der Waals surface area (Å²) < 4.78 is 5.71. The first-order chi connectivity index (χ1) is 12.2. The van der Waals surface area contributed by atoms with Crippen LogP contribution >= 0.6 is 11.6 Å². The molecule has 1 N–H and O–H groups in total. The maximum Gasteiger partial charge on any atom is 0.255 e. The van der Waals surface area contributed by atoms with Crippen LogP contribution in [0.3, 0.4) is 0 Å². The van der Waals surface area contributed by atoms with Crippen molar-refractivity contribution in [3.05, 3.63) is 77.4 Å². The Balaban J connectivity index is 1.67. The van der Waals surface area contributed by atoms with Gasteiger partial charge in [-0.1, -0.05) is 29.8 Å². The van der Waals surface area contributed by atoms with Crippen molar-refractivity contribution in [3.63, 3.8) is 0 Å². The van der Waals surface area contributed by atoms with E-state index in [2.05, 4.69) is 15.3 Å². The molecule has 0 aliphatic heterocycles. The topological polar surface area (TPSA) is 68.0 Å². The summed E-state index contributed by atoms with van der Waals surface area (Å²) in [6, 6.07) is 17.7. The van der Waals surface area contributed by atoms with Crippen molar-refractivity contribution in [1.29, 1.82) is 0 Å². The average Bonchev–Trinajstić information content (AvgIpc) is 3.08. The molecule has 0 spiro atoms. The van der Waals surface area contributed by atoms with Gasteiger partial charge in [-0.15, -0.1) is 0 Å². The number of carbonyl (C=O) groups is 1. The highest BCUT2D eigenvalue weighted by Crippen LogP contribution is 2.30. The molecule has 0 radical (unpaired) electrons. The van der Waals surface area contributed by atoms with E-state index in [1.807, 2.05) is 6.07 Å². The highest BCUT2D eigenvalue weighted by molar-refractivity contribution is 6.34. The number of pyridine rings is 1. The fraction of sp³-hybridized carbons (Fsp3) is 0. The number of amides is 1. The smallest absolute Gasteiger partial charge is 0.255 e. The van der Waals surface area contributed by atoms with Crippen LogP contribution in [-0.2, 0) is 0 Å². The van der Waals surface area contributed by atoms with Crippen LogP contribution in [0.1, 0.15) is 10.4 Å². The van der Waals surface area contributed by atoms with Crippen molar-refractivity contribution in [2.75, 3.05) is 5.32 Å². The van der Waals surface area contributed by atoms with Crippen molar-refractivity contribution in [2.45, 2.75) is 0 Å². The second kappa shape index (κ2) is 6.37. The maximum absolute atomic E-state index is 12.3. The van der Waals surface area contributed by atoms with Gasteiger partial charge in [0.05, 0.1) is 10.7 Å². The van der Waals surface area contributed by atoms with Gasteiger partial charge in [0.2, 0.25) is 5.89 Å². The van der Waals surface area contributed by atoms with Crippen molar-refractivity contribution >= 4 is 34.4 Å². The minimum absolute atomic E-state index is 0.237. The molecule has 5 nitrogen and oxygen atoms in total. The monoisotopic (exact) mass is 349 g/mol. The number of nitrogens with zero attached hydrogens (tertiary/aromatic N) is 2. The predicted octanol–water partition coefficient (Wildman–Crippen LogP) is 4.80. The van der Waals surface area contributed by atoms with E-state index >= 15 is 0 Å². The molecule has 2 aromatic carbocycles. The SMILES string of the molecule is O=C(Nc1cc(-c2nc3ncccc3o2)ccc1Cl)c1ccccc1. The van der Waals surface area contributed by atoms with Crippen molar-refractivity contribution < 1.29 is 9.21 Å². The molecule has 0 aliphatic rings. The minimum Gasteiger partial charge on any atom is -0.434 e. The van der Waals surface area contributed by atoms with E-state index in [0.717, 1.165) is 0 Å². The highest BCUT2D eigenvalue weighted by Gasteiger charge is 2.13. The molecule has 2 heterocycles. The van der Waals surface area contributed by atoms with Gasteiger partial charge in [-0.3, -0.25) is 4.79 Å². The number of halogens is 1. The van der Waals surface area contributed by atoms with E-state index < -0.39 is 0 Å². The molecule has 0 fully saturated rings. The normalized spacial score (nSPS) is 10.8. The van der Waals surface area contributed by atoms with Gasteiger partial charge in [-0.2, -0.15) is 4.98 Å². The summed E-state index contributed by atoms with van der Waals surface area (Å²) in [5, 5.41) is 3.25. The number of hydrogen-bond donors (Lipinski definition) is 1. The van der Waals surface area contributed by atoms with Crippen LogP contribution in [0.15, 0.2) is 71.3 Å². The molecule has 0 saturated carbocycles. The third-order valence-corrected chi connectivity index (χ3v) is 3.99. The summed E-state index contributed by atoms with van der Waals surface area (Å²) in [6.45, 7) is 0. The van der Waals surface area contributed by atoms with E-state index in [1.54, 1.807) is 60.8 Å². The number of hydrogen-bond acceptors (Lipinski definition) is 4. The first kappa shape index (κ1) is 15.4. The van der Waals surface area contributed by atoms with Gasteiger partial charge in [0.25, 0.3) is 5.91 Å². The Labute approximate surface area is 148 Å². The quantitative estimate of drug-likeness (QED) is 0.577. The number of nitrogens with one attached hydrogen (secondary N) is 1. The second-order valence-electron chi connectivity index (χ2n) is 5.36. The Morgan fingerprint density at radius 2 is 1.88 bits per heavy atom. The molecule has 4 rings (SSSR count). The number of aromatic nitrogens is 2. The average molecular weight is 350 g/mol. The number of anilines is 1. The van der Waals surface area contributed by atoms with Crippen molar-refractivity contribution in [3.8, 4) is 11.5 Å². The molecular formula is C19H12ClN3O2. The molecule has 4 aromatic rings. The summed E-state index contributed by atoms with van der Waals surface area (Å²) in [4.78, 5) is 20.8. The predicted molar refractivity (Wildman–Crippen MR) is 96.6 cm³/mol. The Kier molecular flexibility index (Phi) is 3.91. The Morgan fingerprint density at radius 3 is 2.68 bits per heavy atom. The van der Waals surface area contributed by atoms with E-state index in [4.69, 9.17) is 16.0 Å². The van der Waals surface area contributed by atoms with Crippen LogP contribution in [-0.4, -0.2) is 15.9 Å². The molecule has 1 amide bonds. The number of rotatable bonds is 3. The summed E-state index contributed by atoms with van der Waals surface area (Å²) in [6.07, 6.45) is 1.65. The number of carbonyl (C=O) groups excluding carboxylic acids is 1. The molecule has 0 bridgehead atoms. The second-order valence-corrected chi connectivity index (χ2v) is 5.77. The van der Waals surface area contributed by atoms with Gasteiger partial charge >= 0.3 is 0 Å². The van der Waals surface area contributed by atoms with Gasteiger partial charge in [0.1, 0.15) is 0 Å². The maximum atomic E-state index is 12.3. The third-order valence-electron chi connectivity index (χ3n) is 3.66. The molecule has 0 aliphatic carbocycles. The molecular weight excluding hydrogens is 338 g/mol. The molecule has 6 heteroatoms. The number of benzene rings is 2. The lowest BCUT2D eigenvalue weighted by molar-refractivity contribution is 0.102.